The molecule has 0 unspecified atom stereocenters. The monoisotopic (exact) mass is 200 g/mol. The van der Waals surface area contributed by atoms with E-state index in [0.29, 0.717) is 0 Å². The molecule has 0 spiro atoms. The van der Waals surface area contributed by atoms with Crippen LogP contribution in [0.25, 0.3) is 0 Å². The van der Waals surface area contributed by atoms with Crippen LogP contribution in [-0.4, -0.2) is 41.0 Å². The normalized spacial score (nSPS) is 9.69. The van der Waals surface area contributed by atoms with Crippen LogP contribution in [0.3, 0.4) is 0 Å². The molecule has 0 saturated carbocycles. The zero-order valence-corrected chi connectivity index (χ0v) is 7.96. The van der Waals surface area contributed by atoms with Crippen LogP contribution in [0.5, 0.6) is 0 Å². The Morgan fingerprint density at radius 1 is 1.54 bits per heavy atom. The van der Waals surface area contributed by atoms with Crippen LogP contribution in [0.15, 0.2) is 6.20 Å². The van der Waals surface area contributed by atoms with Gasteiger partial charge in [-0.3, -0.25) is 4.79 Å². The number of carbonyl (C=O) groups is 2. The molecule has 1 rings (SSSR count). The molecule has 70 valence electrons. The maximum Gasteiger partial charge on any atom is 0.347 e. The molecule has 5 nitrogen and oxygen atoms in total. The third-order valence-electron chi connectivity index (χ3n) is 1.31. The number of carbonyl (C=O) groups excluding carboxylic acids is 1. The van der Waals surface area contributed by atoms with Crippen LogP contribution in [0.1, 0.15) is 19.5 Å². The van der Waals surface area contributed by atoms with E-state index in [2.05, 4.69) is 4.98 Å². The van der Waals surface area contributed by atoms with E-state index in [0.717, 1.165) is 11.3 Å². The Bertz CT molecular complexity index is 345. The highest BCUT2D eigenvalue weighted by atomic mass is 32.1. The molecule has 0 aliphatic rings. The van der Waals surface area contributed by atoms with Gasteiger partial charge in [0, 0.05) is 14.1 Å². The SMILES string of the molecule is CN(C)C(=O)c1ncc(C(=O)O)s1. The second kappa shape index (κ2) is 3.53. The van der Waals surface area contributed by atoms with E-state index in [1.165, 1.54) is 11.1 Å². The summed E-state index contributed by atoms with van der Waals surface area (Å²) < 4.78 is 0. The molecule has 6 heteroatoms. The van der Waals surface area contributed by atoms with Crippen LogP contribution in [0.4, 0.5) is 0 Å². The summed E-state index contributed by atoms with van der Waals surface area (Å²) >= 11 is 0.876. The predicted octanol–water partition coefficient (Wildman–Crippen LogP) is 0.543. The van der Waals surface area contributed by atoms with Gasteiger partial charge in [-0.25, -0.2) is 9.78 Å². The zero-order chi connectivity index (χ0) is 10.0. The molecule has 1 aromatic heterocycles. The Hall–Kier alpha value is -1.43. The topological polar surface area (TPSA) is 70.5 Å². The minimum absolute atomic E-state index is 0.0743. The van der Waals surface area contributed by atoms with E-state index >= 15 is 0 Å². The molecule has 1 heterocycles. The quantitative estimate of drug-likeness (QED) is 0.756. The number of rotatable bonds is 2. The third-order valence-corrected chi connectivity index (χ3v) is 2.28. The van der Waals surface area contributed by atoms with Crippen molar-refractivity contribution < 1.29 is 14.7 Å². The van der Waals surface area contributed by atoms with Gasteiger partial charge in [0.2, 0.25) is 0 Å². The highest BCUT2D eigenvalue weighted by Gasteiger charge is 2.15. The van der Waals surface area contributed by atoms with E-state index in [4.69, 9.17) is 5.11 Å². The van der Waals surface area contributed by atoms with Crippen molar-refractivity contribution in [1.82, 2.24) is 9.88 Å². The van der Waals surface area contributed by atoms with Gasteiger partial charge in [0.25, 0.3) is 5.91 Å². The molecule has 1 aromatic rings. The molecular formula is C7H8N2O3S. The van der Waals surface area contributed by atoms with Crippen LogP contribution >= 0.6 is 11.3 Å². The summed E-state index contributed by atoms with van der Waals surface area (Å²) in [6.45, 7) is 0. The number of carboxylic acids is 1. The Balaban J connectivity index is 2.92. The van der Waals surface area contributed by atoms with Crippen molar-refractivity contribution in [2.75, 3.05) is 14.1 Å². The van der Waals surface area contributed by atoms with Gasteiger partial charge in [-0.05, 0) is 0 Å². The summed E-state index contributed by atoms with van der Waals surface area (Å²) in [4.78, 5) is 26.8. The smallest absolute Gasteiger partial charge is 0.347 e. The second-order valence-corrected chi connectivity index (χ2v) is 3.57. The summed E-state index contributed by atoms with van der Waals surface area (Å²) in [5.41, 5.74) is 0. The number of amides is 1. The first-order valence-corrected chi connectivity index (χ1v) is 4.25. The van der Waals surface area contributed by atoms with Crippen LogP contribution in [-0.2, 0) is 0 Å². The second-order valence-electron chi connectivity index (χ2n) is 2.53. The molecule has 1 N–H and O–H groups in total. The summed E-state index contributed by atoms with van der Waals surface area (Å²) in [6.07, 6.45) is 1.18. The van der Waals surface area contributed by atoms with E-state index in [1.54, 1.807) is 14.1 Å². The minimum Gasteiger partial charge on any atom is -0.477 e. The van der Waals surface area contributed by atoms with Gasteiger partial charge in [0.15, 0.2) is 5.01 Å². The van der Waals surface area contributed by atoms with Gasteiger partial charge in [-0.15, -0.1) is 11.3 Å². The first-order valence-electron chi connectivity index (χ1n) is 3.43. The van der Waals surface area contributed by atoms with Crippen molar-refractivity contribution in [3.05, 3.63) is 16.1 Å². The Kier molecular flexibility index (Phi) is 2.62. The number of nitrogens with zero attached hydrogens (tertiary/aromatic N) is 2. The molecule has 0 aliphatic heterocycles. The van der Waals surface area contributed by atoms with Crippen molar-refractivity contribution >= 4 is 23.2 Å². The molecule has 1 amide bonds. The summed E-state index contributed by atoms with van der Waals surface area (Å²) in [7, 11) is 3.17. The van der Waals surface area contributed by atoms with Crippen LogP contribution in [0, 0.1) is 0 Å². The maximum absolute atomic E-state index is 11.3. The van der Waals surface area contributed by atoms with Crippen molar-refractivity contribution in [2.45, 2.75) is 0 Å². The van der Waals surface area contributed by atoms with Crippen molar-refractivity contribution in [3.63, 3.8) is 0 Å². The van der Waals surface area contributed by atoms with Crippen molar-refractivity contribution in [1.29, 1.82) is 0 Å². The number of aromatic carboxylic acids is 1. The van der Waals surface area contributed by atoms with Gasteiger partial charge in [-0.2, -0.15) is 0 Å². The lowest BCUT2D eigenvalue weighted by Crippen LogP contribution is -2.21. The Labute approximate surface area is 78.6 Å². The molecule has 0 aliphatic carbocycles. The lowest BCUT2D eigenvalue weighted by atomic mass is 10.5. The minimum atomic E-state index is -1.06. The van der Waals surface area contributed by atoms with Crippen molar-refractivity contribution in [3.8, 4) is 0 Å². The standard InChI is InChI=1S/C7H8N2O3S/c1-9(2)6(10)5-8-3-4(13-5)7(11)12/h3H,1-2H3,(H,11,12). The molecule has 13 heavy (non-hydrogen) atoms. The molecule has 0 radical (unpaired) electrons. The van der Waals surface area contributed by atoms with Crippen LogP contribution < -0.4 is 0 Å². The van der Waals surface area contributed by atoms with Gasteiger partial charge in [-0.1, -0.05) is 0 Å². The van der Waals surface area contributed by atoms with Gasteiger partial charge >= 0.3 is 5.97 Å². The lowest BCUT2D eigenvalue weighted by molar-refractivity contribution is 0.0701. The van der Waals surface area contributed by atoms with Gasteiger partial charge in [0.1, 0.15) is 4.88 Å². The molecule has 0 aromatic carbocycles. The fourth-order valence-electron chi connectivity index (χ4n) is 0.663. The summed E-state index contributed by atoms with van der Waals surface area (Å²) in [5.74, 6) is -1.34. The third kappa shape index (κ3) is 2.03. The first kappa shape index (κ1) is 9.66. The largest absolute Gasteiger partial charge is 0.477 e. The highest BCUT2D eigenvalue weighted by molar-refractivity contribution is 7.15. The van der Waals surface area contributed by atoms with E-state index in [1.807, 2.05) is 0 Å². The maximum atomic E-state index is 11.3. The van der Waals surface area contributed by atoms with Gasteiger partial charge < -0.3 is 10.0 Å². The fraction of sp³-hybridized carbons (Fsp3) is 0.286. The number of hydrogen-bond donors (Lipinski definition) is 1. The average Bonchev–Trinajstić information content (AvgIpc) is 2.50. The average molecular weight is 200 g/mol. The summed E-state index contributed by atoms with van der Waals surface area (Å²) in [5, 5.41) is 8.76. The first-order chi connectivity index (χ1) is 6.02. The molecule has 0 fully saturated rings. The number of carboxylic acid groups (broad SMARTS) is 1. The summed E-state index contributed by atoms with van der Waals surface area (Å²) in [6, 6.07) is 0. The molecule has 0 saturated heterocycles. The fourth-order valence-corrected chi connectivity index (χ4v) is 1.44. The number of aromatic nitrogens is 1. The molecule has 0 bridgehead atoms. The number of thiazole rings is 1. The number of hydrogen-bond acceptors (Lipinski definition) is 4. The predicted molar refractivity (Wildman–Crippen MR) is 47.1 cm³/mol. The van der Waals surface area contributed by atoms with Gasteiger partial charge in [0.05, 0.1) is 6.20 Å². The van der Waals surface area contributed by atoms with Crippen LogP contribution in [0.2, 0.25) is 0 Å². The highest BCUT2D eigenvalue weighted by Crippen LogP contribution is 2.13. The van der Waals surface area contributed by atoms with E-state index < -0.39 is 5.97 Å². The van der Waals surface area contributed by atoms with E-state index in [-0.39, 0.29) is 15.8 Å². The Morgan fingerprint density at radius 3 is 2.54 bits per heavy atom. The van der Waals surface area contributed by atoms with Crippen molar-refractivity contribution in [2.24, 2.45) is 0 Å². The zero-order valence-electron chi connectivity index (χ0n) is 7.14. The lowest BCUT2D eigenvalue weighted by Gasteiger charge is -2.05. The molecule has 0 atom stereocenters. The Morgan fingerprint density at radius 2 is 2.15 bits per heavy atom. The molecular weight excluding hydrogens is 192 g/mol. The van der Waals surface area contributed by atoms with E-state index in [9.17, 15) is 9.59 Å².